The summed E-state index contributed by atoms with van der Waals surface area (Å²) in [7, 11) is 11.8. The maximum atomic E-state index is 5.74. The largest absolute Gasteiger partial charge is 0.469 e. The monoisotopic (exact) mass is 757 g/mol. The summed E-state index contributed by atoms with van der Waals surface area (Å²) in [4.78, 5) is 40.2. The number of furan rings is 3. The second-order valence-electron chi connectivity index (χ2n) is 13.9. The van der Waals surface area contributed by atoms with Crippen LogP contribution in [0.4, 0.5) is 0 Å². The Balaban J connectivity index is 1.23. The number of guanidine groups is 6. The van der Waals surface area contributed by atoms with Gasteiger partial charge in [-0.1, -0.05) is 0 Å². The van der Waals surface area contributed by atoms with E-state index in [2.05, 4.69) is 41.0 Å². The van der Waals surface area contributed by atoms with Crippen LogP contribution in [0.25, 0.3) is 0 Å². The normalized spacial score (nSPS) is 19.3. The first-order valence-electron chi connectivity index (χ1n) is 18.7. The molecular formula is C37H55N15O3. The minimum Gasteiger partial charge on any atom is -0.469 e. The molecular weight excluding hydrogens is 703 g/mol. The van der Waals surface area contributed by atoms with Gasteiger partial charge in [0.15, 0.2) is 12.1 Å². The van der Waals surface area contributed by atoms with Crippen molar-refractivity contribution in [3.8, 4) is 0 Å². The Morgan fingerprint density at radius 3 is 1.65 bits per heavy atom. The van der Waals surface area contributed by atoms with E-state index in [4.69, 9.17) is 38.2 Å². The second kappa shape index (κ2) is 18.4. The average molecular weight is 758 g/mol. The van der Waals surface area contributed by atoms with Crippen LogP contribution in [0.2, 0.25) is 0 Å². The number of hydrogen-bond acceptors (Lipinski definition) is 18. The minimum absolute atomic E-state index is 0.218. The third-order valence-corrected chi connectivity index (χ3v) is 9.16. The molecule has 6 heterocycles. The van der Waals surface area contributed by atoms with Gasteiger partial charge in [-0.3, -0.25) is 16.0 Å². The summed E-state index contributed by atoms with van der Waals surface area (Å²) in [5.41, 5.74) is 0. The first-order chi connectivity index (χ1) is 26.6. The first-order valence-corrected chi connectivity index (χ1v) is 18.7. The molecule has 0 spiro atoms. The number of aliphatic imine (C=N–C) groups is 6. The topological polar surface area (TPSA) is 178 Å². The van der Waals surface area contributed by atoms with E-state index in [0.29, 0.717) is 57.5 Å². The van der Waals surface area contributed by atoms with Crippen molar-refractivity contribution in [3.63, 3.8) is 0 Å². The highest BCUT2D eigenvalue weighted by atomic mass is 16.3. The molecule has 0 aromatic carbocycles. The highest BCUT2D eigenvalue weighted by Gasteiger charge is 2.28. The highest BCUT2D eigenvalue weighted by molar-refractivity contribution is 6.01. The molecule has 0 aliphatic carbocycles. The van der Waals surface area contributed by atoms with E-state index >= 15 is 0 Å². The highest BCUT2D eigenvalue weighted by Crippen LogP contribution is 2.15. The quantitative estimate of drug-likeness (QED) is 0.188. The van der Waals surface area contributed by atoms with Crippen LogP contribution in [0.15, 0.2) is 98.4 Å². The molecule has 0 radical (unpaired) electrons. The van der Waals surface area contributed by atoms with Crippen molar-refractivity contribution in [3.05, 3.63) is 72.5 Å². The number of nitrogens with zero attached hydrogens (tertiary/aromatic N) is 11. The Morgan fingerprint density at radius 2 is 1.09 bits per heavy atom. The van der Waals surface area contributed by atoms with Gasteiger partial charge in [-0.2, -0.15) is 0 Å². The van der Waals surface area contributed by atoms with Gasteiger partial charge >= 0.3 is 0 Å². The van der Waals surface area contributed by atoms with E-state index in [1.807, 2.05) is 95.4 Å². The van der Waals surface area contributed by atoms with Crippen molar-refractivity contribution in [2.24, 2.45) is 30.0 Å². The lowest BCUT2D eigenvalue weighted by molar-refractivity contribution is 0.348. The smallest absolute Gasteiger partial charge is 0.203 e. The Hall–Kier alpha value is -5.94. The number of likely N-dealkylation sites (N-methyl/N-ethyl adjacent to an activating group) is 1. The van der Waals surface area contributed by atoms with Gasteiger partial charge in [0, 0.05) is 94.1 Å². The Kier molecular flexibility index (Phi) is 13.0. The molecule has 18 nitrogen and oxygen atoms in total. The lowest BCUT2D eigenvalue weighted by Gasteiger charge is -2.35. The molecule has 3 aliphatic heterocycles. The molecule has 0 bridgehead atoms. The zero-order chi connectivity index (χ0) is 38.7. The van der Waals surface area contributed by atoms with E-state index in [-0.39, 0.29) is 12.3 Å². The summed E-state index contributed by atoms with van der Waals surface area (Å²) in [5.74, 6) is 7.02. The van der Waals surface area contributed by atoms with E-state index in [9.17, 15) is 0 Å². The summed E-state index contributed by atoms with van der Waals surface area (Å²) in [6.45, 7) is 5.10. The summed E-state index contributed by atoms with van der Waals surface area (Å²) in [6.07, 6.45) is 6.86. The van der Waals surface area contributed by atoms with Crippen LogP contribution in [-0.2, 0) is 19.3 Å². The van der Waals surface area contributed by atoms with Gasteiger partial charge in [0.1, 0.15) is 29.6 Å². The van der Waals surface area contributed by atoms with Crippen LogP contribution in [0, 0.1) is 0 Å². The third-order valence-electron chi connectivity index (χ3n) is 9.16. The van der Waals surface area contributed by atoms with Crippen LogP contribution in [0.5, 0.6) is 0 Å². The van der Waals surface area contributed by atoms with Crippen molar-refractivity contribution in [1.29, 1.82) is 0 Å². The van der Waals surface area contributed by atoms with Crippen molar-refractivity contribution < 1.29 is 13.3 Å². The molecule has 3 aromatic rings. The van der Waals surface area contributed by atoms with Crippen molar-refractivity contribution in [2.45, 2.75) is 51.1 Å². The van der Waals surface area contributed by atoms with Crippen LogP contribution >= 0.6 is 0 Å². The summed E-state index contributed by atoms with van der Waals surface area (Å²) in [5, 5.41) is 13.4. The van der Waals surface area contributed by atoms with Gasteiger partial charge in [0.25, 0.3) is 0 Å². The Bertz CT molecular complexity index is 1830. The molecule has 4 N–H and O–H groups in total. The predicted molar refractivity (Wildman–Crippen MR) is 215 cm³/mol. The maximum absolute atomic E-state index is 5.74. The molecule has 3 aromatic heterocycles. The Labute approximate surface area is 322 Å². The molecule has 0 saturated heterocycles. The van der Waals surface area contributed by atoms with Crippen molar-refractivity contribution in [1.82, 2.24) is 45.8 Å². The molecule has 0 amide bonds. The van der Waals surface area contributed by atoms with E-state index in [1.54, 1.807) is 18.8 Å². The van der Waals surface area contributed by atoms with Gasteiger partial charge in [-0.15, -0.1) is 0 Å². The average Bonchev–Trinajstić information content (AvgIpc) is 4.00. The zero-order valence-electron chi connectivity index (χ0n) is 32.9. The van der Waals surface area contributed by atoms with Crippen LogP contribution in [0.3, 0.4) is 0 Å². The predicted octanol–water partition coefficient (Wildman–Crippen LogP) is 1.71. The molecule has 3 unspecified atom stereocenters. The molecule has 0 saturated carbocycles. The van der Waals surface area contributed by atoms with Gasteiger partial charge in [-0.05, 0) is 43.3 Å². The SMILES string of the molecule is CNC1=NC(CN(CCc2ccco2)C2=NC(CCN(CCc3ccco3)C3=NC(C)N=C(N(C)C)N3)N=C(N(C)C)N2)N=C(N(C)CCc2ccco2)N1. The van der Waals surface area contributed by atoms with Gasteiger partial charge in [0.2, 0.25) is 29.8 Å². The summed E-state index contributed by atoms with van der Waals surface area (Å²) < 4.78 is 17.0. The molecule has 3 atom stereocenters. The number of nitrogens with one attached hydrogen (secondary N) is 4. The molecule has 6 rings (SSSR count). The zero-order valence-corrected chi connectivity index (χ0v) is 32.9. The fourth-order valence-corrected chi connectivity index (χ4v) is 6.13. The standard InChI is InChI=1S/C37H55N15O3/c1-26-39-33(48(3)4)46-36(40-26)51(19-15-28-12-9-23-54-28)21-17-30-42-34(49(5)6)47-37(43-30)52(20-16-29-13-10-24-55-29)25-31-41-32(38-2)45-35(44-31)50(7)18-14-27-11-8-22-53-27/h8-13,22-24,26,30-31H,14-21,25H2,1-7H3,(H,39,40,46)(H,42,43,47)(H2,38,41,44,45). The fraction of sp³-hybridized carbons (Fsp3) is 0.514. The van der Waals surface area contributed by atoms with E-state index < -0.39 is 6.17 Å². The van der Waals surface area contributed by atoms with E-state index in [0.717, 1.165) is 54.0 Å². The Morgan fingerprint density at radius 1 is 0.582 bits per heavy atom. The van der Waals surface area contributed by atoms with Gasteiger partial charge < -0.3 is 43.1 Å². The molecule has 296 valence electrons. The van der Waals surface area contributed by atoms with Gasteiger partial charge in [-0.25, -0.2) is 30.0 Å². The van der Waals surface area contributed by atoms with Crippen molar-refractivity contribution >= 4 is 35.8 Å². The molecule has 0 fully saturated rings. The summed E-state index contributed by atoms with van der Waals surface area (Å²) >= 11 is 0. The lowest BCUT2D eigenvalue weighted by atomic mass is 10.2. The first kappa shape index (κ1) is 38.8. The van der Waals surface area contributed by atoms with Gasteiger partial charge in [0.05, 0.1) is 25.3 Å². The van der Waals surface area contributed by atoms with E-state index in [1.165, 1.54) is 0 Å². The molecule has 55 heavy (non-hydrogen) atoms. The number of hydrogen-bond donors (Lipinski definition) is 4. The molecule has 18 heteroatoms. The van der Waals surface area contributed by atoms with Crippen LogP contribution in [-0.4, -0.2) is 154 Å². The van der Waals surface area contributed by atoms with Crippen molar-refractivity contribution in [2.75, 3.05) is 75.0 Å². The second-order valence-corrected chi connectivity index (χ2v) is 13.9. The minimum atomic E-state index is -0.423. The number of rotatable bonds is 14. The van der Waals surface area contributed by atoms with Crippen LogP contribution < -0.4 is 21.3 Å². The third kappa shape index (κ3) is 10.8. The maximum Gasteiger partial charge on any atom is 0.203 e. The molecule has 3 aliphatic rings. The lowest BCUT2D eigenvalue weighted by Crippen LogP contribution is -2.55. The van der Waals surface area contributed by atoms with Crippen LogP contribution in [0.1, 0.15) is 30.6 Å². The fourth-order valence-electron chi connectivity index (χ4n) is 6.13. The summed E-state index contributed by atoms with van der Waals surface area (Å²) in [6, 6.07) is 11.7.